The number of carbonyl (C=O) groups is 2. The van der Waals surface area contributed by atoms with Gasteiger partial charge in [-0.15, -0.1) is 0 Å². The Hall–Kier alpha value is -2.40. The third-order valence-electron chi connectivity index (χ3n) is 12.5. The van der Waals surface area contributed by atoms with Crippen LogP contribution in [0.5, 0.6) is 0 Å². The molecule has 0 aromatic heterocycles. The van der Waals surface area contributed by atoms with Crippen molar-refractivity contribution in [2.75, 3.05) is 19.8 Å². The first-order valence-corrected chi connectivity index (χ1v) is 28.8. The minimum atomic E-state index is -0.551. The molecular weight excluding hydrogens is 813 g/mol. The molecule has 0 aliphatic heterocycles. The number of hydrogen-bond donors (Lipinski definition) is 0. The number of carbonyl (C=O) groups excluding carboxylic acids is 2. The van der Waals surface area contributed by atoms with Crippen LogP contribution in [0, 0.1) is 0 Å². The van der Waals surface area contributed by atoms with E-state index in [1.165, 1.54) is 193 Å². The normalized spacial score (nSPS) is 12.6. The molecule has 0 spiro atoms. The average molecular weight is 924 g/mol. The van der Waals surface area contributed by atoms with Gasteiger partial charge in [0.2, 0.25) is 0 Å². The second-order valence-corrected chi connectivity index (χ2v) is 19.2. The van der Waals surface area contributed by atoms with Crippen molar-refractivity contribution in [1.29, 1.82) is 0 Å². The smallest absolute Gasteiger partial charge is 0.306 e. The van der Waals surface area contributed by atoms with Crippen molar-refractivity contribution in [3.63, 3.8) is 0 Å². The Balaban J connectivity index is 4.28. The maximum absolute atomic E-state index is 12.8. The highest BCUT2D eigenvalue weighted by Gasteiger charge is 2.17. The minimum absolute atomic E-state index is 0.0748. The summed E-state index contributed by atoms with van der Waals surface area (Å²) in [5.41, 5.74) is 0. The fourth-order valence-corrected chi connectivity index (χ4v) is 8.15. The van der Waals surface area contributed by atoms with Gasteiger partial charge in [0.15, 0.2) is 6.10 Å². The zero-order chi connectivity index (χ0) is 47.7. The van der Waals surface area contributed by atoms with Gasteiger partial charge in [0.05, 0.1) is 6.61 Å². The van der Waals surface area contributed by atoms with Gasteiger partial charge in [-0.2, -0.15) is 0 Å². The molecule has 0 rings (SSSR count). The van der Waals surface area contributed by atoms with Gasteiger partial charge in [0.25, 0.3) is 0 Å². The molecule has 0 bridgehead atoms. The Kier molecular flexibility index (Phi) is 54.9. The number of ether oxygens (including phenoxy) is 3. The fraction of sp³-hybridized carbons (Fsp3) is 0.803. The van der Waals surface area contributed by atoms with Crippen LogP contribution in [0.1, 0.15) is 290 Å². The summed E-state index contributed by atoms with van der Waals surface area (Å²) in [4.78, 5) is 25.5. The van der Waals surface area contributed by atoms with Crippen LogP contribution >= 0.6 is 0 Å². The Labute approximate surface area is 411 Å². The van der Waals surface area contributed by atoms with Crippen LogP contribution in [0.25, 0.3) is 0 Å². The third-order valence-corrected chi connectivity index (χ3v) is 12.5. The average Bonchev–Trinajstić information content (AvgIpc) is 3.32. The van der Waals surface area contributed by atoms with Crippen molar-refractivity contribution in [2.45, 2.75) is 297 Å². The van der Waals surface area contributed by atoms with E-state index in [-0.39, 0.29) is 25.2 Å². The van der Waals surface area contributed by atoms with Gasteiger partial charge >= 0.3 is 11.9 Å². The van der Waals surface area contributed by atoms with Gasteiger partial charge in [-0.3, -0.25) is 9.59 Å². The Morgan fingerprint density at radius 3 is 1.05 bits per heavy atom. The summed E-state index contributed by atoms with van der Waals surface area (Å²) in [6, 6.07) is 0. The van der Waals surface area contributed by atoms with E-state index >= 15 is 0 Å². The molecule has 0 amide bonds. The quantitative estimate of drug-likeness (QED) is 0.0346. The van der Waals surface area contributed by atoms with Gasteiger partial charge in [0.1, 0.15) is 6.61 Å². The van der Waals surface area contributed by atoms with E-state index in [4.69, 9.17) is 14.2 Å². The van der Waals surface area contributed by atoms with E-state index in [2.05, 4.69) is 81.5 Å². The molecule has 0 radical (unpaired) electrons. The first-order chi connectivity index (χ1) is 32.6. The third kappa shape index (κ3) is 54.2. The van der Waals surface area contributed by atoms with E-state index in [1.807, 2.05) is 0 Å². The summed E-state index contributed by atoms with van der Waals surface area (Å²) in [6.45, 7) is 7.77. The summed E-state index contributed by atoms with van der Waals surface area (Å²) in [5, 5.41) is 0. The van der Waals surface area contributed by atoms with Crippen molar-refractivity contribution in [3.8, 4) is 0 Å². The standard InChI is InChI=1S/C61H110O5/c1-4-7-10-13-16-19-22-25-28-30-31-32-34-36-39-42-45-48-51-54-60(62)65-58-59(57-64-56-53-50-47-44-41-38-35-29-26-23-20-17-14-11-8-5-2)66-61(63)55-52-49-46-43-40-37-33-27-24-21-18-15-12-9-6-3/h17-18,20-21,25-29,33,59H,4-16,19,22-24,30-32,34-58H2,1-3H3/b20-17-,21-18-,28-25-,29-26-,33-27-. The number of hydrogen-bond acceptors (Lipinski definition) is 5. The second kappa shape index (κ2) is 56.9. The fourth-order valence-electron chi connectivity index (χ4n) is 8.15. The van der Waals surface area contributed by atoms with Crippen LogP contribution < -0.4 is 0 Å². The van der Waals surface area contributed by atoms with E-state index in [0.29, 0.717) is 19.4 Å². The van der Waals surface area contributed by atoms with Crippen molar-refractivity contribution >= 4 is 11.9 Å². The summed E-state index contributed by atoms with van der Waals surface area (Å²) in [7, 11) is 0. The van der Waals surface area contributed by atoms with Gasteiger partial charge in [-0.05, 0) is 109 Å². The van der Waals surface area contributed by atoms with Gasteiger partial charge in [-0.25, -0.2) is 0 Å². The first kappa shape index (κ1) is 63.6. The Morgan fingerprint density at radius 2 is 0.636 bits per heavy atom. The number of rotatable bonds is 53. The lowest BCUT2D eigenvalue weighted by atomic mass is 10.1. The molecule has 66 heavy (non-hydrogen) atoms. The molecule has 1 unspecified atom stereocenters. The molecule has 0 N–H and O–H groups in total. The monoisotopic (exact) mass is 923 g/mol. The molecule has 0 aromatic carbocycles. The summed E-state index contributed by atoms with van der Waals surface area (Å²) in [5.74, 6) is -0.411. The van der Waals surface area contributed by atoms with E-state index in [1.54, 1.807) is 0 Å². The summed E-state index contributed by atoms with van der Waals surface area (Å²) in [6.07, 6.45) is 72.3. The molecule has 384 valence electrons. The molecule has 5 nitrogen and oxygen atoms in total. The predicted molar refractivity (Wildman–Crippen MR) is 288 cm³/mol. The van der Waals surface area contributed by atoms with Gasteiger partial charge in [-0.1, -0.05) is 229 Å². The van der Waals surface area contributed by atoms with E-state index in [0.717, 1.165) is 64.2 Å². The molecule has 0 aromatic rings. The second-order valence-electron chi connectivity index (χ2n) is 19.2. The highest BCUT2D eigenvalue weighted by atomic mass is 16.6. The summed E-state index contributed by atoms with van der Waals surface area (Å²) < 4.78 is 17.5. The lowest BCUT2D eigenvalue weighted by Gasteiger charge is -2.18. The number of allylic oxidation sites excluding steroid dienone is 10. The van der Waals surface area contributed by atoms with Crippen LogP contribution in [0.15, 0.2) is 60.8 Å². The highest BCUT2D eigenvalue weighted by molar-refractivity contribution is 5.70. The van der Waals surface area contributed by atoms with E-state index in [9.17, 15) is 9.59 Å². The van der Waals surface area contributed by atoms with Gasteiger partial charge in [0, 0.05) is 19.4 Å². The molecule has 0 saturated heterocycles. The maximum atomic E-state index is 12.8. The highest BCUT2D eigenvalue weighted by Crippen LogP contribution is 2.15. The van der Waals surface area contributed by atoms with Crippen LogP contribution in [0.2, 0.25) is 0 Å². The van der Waals surface area contributed by atoms with Crippen LogP contribution in [0.4, 0.5) is 0 Å². The van der Waals surface area contributed by atoms with Gasteiger partial charge < -0.3 is 14.2 Å². The molecule has 5 heteroatoms. The molecule has 0 fully saturated rings. The number of unbranched alkanes of at least 4 members (excludes halogenated alkanes) is 32. The zero-order valence-corrected chi connectivity index (χ0v) is 44.2. The van der Waals surface area contributed by atoms with Crippen molar-refractivity contribution in [2.24, 2.45) is 0 Å². The lowest BCUT2D eigenvalue weighted by molar-refractivity contribution is -0.163. The van der Waals surface area contributed by atoms with Crippen molar-refractivity contribution in [1.82, 2.24) is 0 Å². The number of esters is 2. The predicted octanol–water partition coefficient (Wildman–Crippen LogP) is 19.7. The van der Waals surface area contributed by atoms with Crippen LogP contribution in [0.3, 0.4) is 0 Å². The van der Waals surface area contributed by atoms with Crippen molar-refractivity contribution < 1.29 is 23.8 Å². The molecule has 1 atom stereocenters. The summed E-state index contributed by atoms with van der Waals surface area (Å²) >= 11 is 0. The molecular formula is C61H110O5. The SMILES string of the molecule is CCCCC/C=C\C/C=C\CCCCCCCCOCC(COC(=O)CCCCCCCCCCC/C=C\CCCCCCCC)OC(=O)CCCCCCC/C=C\C/C=C\CCCCC. The molecule has 0 heterocycles. The van der Waals surface area contributed by atoms with E-state index < -0.39 is 6.10 Å². The maximum Gasteiger partial charge on any atom is 0.306 e. The largest absolute Gasteiger partial charge is 0.462 e. The zero-order valence-electron chi connectivity index (χ0n) is 44.2. The minimum Gasteiger partial charge on any atom is -0.462 e. The Morgan fingerprint density at radius 1 is 0.333 bits per heavy atom. The first-order valence-electron chi connectivity index (χ1n) is 28.8. The van der Waals surface area contributed by atoms with Crippen molar-refractivity contribution in [3.05, 3.63) is 60.8 Å². The van der Waals surface area contributed by atoms with Crippen LogP contribution in [-0.2, 0) is 23.8 Å². The molecule has 0 aliphatic rings. The Bertz CT molecular complexity index is 1130. The molecule has 0 aliphatic carbocycles. The topological polar surface area (TPSA) is 61.8 Å². The lowest BCUT2D eigenvalue weighted by Crippen LogP contribution is -2.30. The van der Waals surface area contributed by atoms with Crippen LogP contribution in [-0.4, -0.2) is 37.9 Å². The molecule has 0 saturated carbocycles.